The minimum Gasteiger partial charge on any atom is -0.379 e. The third-order valence-electron chi connectivity index (χ3n) is 3.41. The summed E-state index contributed by atoms with van der Waals surface area (Å²) in [5.41, 5.74) is 0.181. The van der Waals surface area contributed by atoms with Crippen molar-refractivity contribution >= 4 is 22.5 Å². The van der Waals surface area contributed by atoms with Crippen LogP contribution in [0.2, 0.25) is 5.15 Å². The maximum Gasteiger partial charge on any atom is 0.433 e. The average Bonchev–Trinajstić information content (AvgIpc) is 2.82. The Morgan fingerprint density at radius 3 is 2.67 bits per heavy atom. The molecule has 0 aromatic carbocycles. The van der Waals surface area contributed by atoms with Crippen LogP contribution in [0, 0.1) is 0 Å². The summed E-state index contributed by atoms with van der Waals surface area (Å²) in [7, 11) is 0. The first-order valence-electron chi connectivity index (χ1n) is 6.49. The number of aromatic nitrogens is 2. The molecule has 0 saturated carbocycles. The number of alkyl halides is 3. The molecular formula is C13H13ClF3N3O. The largest absolute Gasteiger partial charge is 0.433 e. The number of aromatic amines is 1. The summed E-state index contributed by atoms with van der Waals surface area (Å²) in [4.78, 5) is 8.58. The number of nitrogens with one attached hydrogen (secondary N) is 1. The van der Waals surface area contributed by atoms with E-state index in [1.165, 1.54) is 0 Å². The van der Waals surface area contributed by atoms with Gasteiger partial charge in [-0.25, -0.2) is 4.98 Å². The first-order chi connectivity index (χ1) is 9.93. The van der Waals surface area contributed by atoms with Gasteiger partial charge in [0, 0.05) is 30.7 Å². The molecule has 0 aliphatic carbocycles. The fourth-order valence-electron chi connectivity index (χ4n) is 2.38. The fourth-order valence-corrected chi connectivity index (χ4v) is 2.63. The van der Waals surface area contributed by atoms with Gasteiger partial charge >= 0.3 is 6.18 Å². The predicted octanol–water partition coefficient (Wildman–Crippen LogP) is 3.07. The van der Waals surface area contributed by atoms with Gasteiger partial charge in [0.1, 0.15) is 10.8 Å². The fraction of sp³-hybridized carbons (Fsp3) is 0.462. The standard InChI is InChI=1S/C13H13ClF3N3O/c14-12-9-5-8(7-20-1-3-21-4-2-20)18-10(9)6-11(19-12)13(15,16)17/h5-6,18H,1-4,7H2. The highest BCUT2D eigenvalue weighted by Crippen LogP contribution is 2.32. The molecule has 8 heteroatoms. The van der Waals surface area contributed by atoms with Gasteiger partial charge in [0.15, 0.2) is 0 Å². The smallest absolute Gasteiger partial charge is 0.379 e. The zero-order chi connectivity index (χ0) is 15.0. The van der Waals surface area contributed by atoms with E-state index in [9.17, 15) is 13.2 Å². The predicted molar refractivity (Wildman–Crippen MR) is 72.2 cm³/mol. The SMILES string of the molecule is FC(F)(F)c1cc2[nH]c(CN3CCOCC3)cc2c(Cl)n1. The molecule has 0 amide bonds. The minimum absolute atomic E-state index is 0.135. The van der Waals surface area contributed by atoms with Crippen molar-refractivity contribution in [3.05, 3.63) is 28.7 Å². The highest BCUT2D eigenvalue weighted by molar-refractivity contribution is 6.34. The minimum atomic E-state index is -4.51. The number of halogens is 4. The lowest BCUT2D eigenvalue weighted by molar-refractivity contribution is -0.141. The molecule has 21 heavy (non-hydrogen) atoms. The van der Waals surface area contributed by atoms with E-state index in [1.54, 1.807) is 6.07 Å². The van der Waals surface area contributed by atoms with Crippen molar-refractivity contribution in [2.45, 2.75) is 12.7 Å². The van der Waals surface area contributed by atoms with Gasteiger partial charge in [-0.3, -0.25) is 4.90 Å². The molecule has 2 aromatic rings. The summed E-state index contributed by atoms with van der Waals surface area (Å²) in [6.07, 6.45) is -4.51. The molecule has 1 aliphatic heterocycles. The summed E-state index contributed by atoms with van der Waals surface area (Å²) in [6.45, 7) is 3.56. The number of hydrogen-bond donors (Lipinski definition) is 1. The van der Waals surface area contributed by atoms with Crippen LogP contribution in [-0.4, -0.2) is 41.2 Å². The maximum atomic E-state index is 12.7. The molecule has 0 bridgehead atoms. The van der Waals surface area contributed by atoms with Crippen molar-refractivity contribution in [2.75, 3.05) is 26.3 Å². The van der Waals surface area contributed by atoms with Crippen molar-refractivity contribution in [1.29, 1.82) is 0 Å². The monoisotopic (exact) mass is 319 g/mol. The molecule has 3 heterocycles. The lowest BCUT2D eigenvalue weighted by atomic mass is 10.2. The van der Waals surface area contributed by atoms with Crippen LogP contribution in [-0.2, 0) is 17.5 Å². The Morgan fingerprint density at radius 2 is 2.00 bits per heavy atom. The Balaban J connectivity index is 1.90. The molecule has 1 saturated heterocycles. The Bertz CT molecular complexity index is 650. The quantitative estimate of drug-likeness (QED) is 0.865. The van der Waals surface area contributed by atoms with E-state index in [0.717, 1.165) is 24.8 Å². The lowest BCUT2D eigenvalue weighted by Gasteiger charge is -2.25. The number of rotatable bonds is 2. The molecular weight excluding hydrogens is 307 g/mol. The second-order valence-electron chi connectivity index (χ2n) is 4.94. The second kappa shape index (κ2) is 5.47. The van der Waals surface area contributed by atoms with Crippen LogP contribution in [0.15, 0.2) is 12.1 Å². The molecule has 2 aromatic heterocycles. The third-order valence-corrected chi connectivity index (χ3v) is 3.70. The topological polar surface area (TPSA) is 41.2 Å². The van der Waals surface area contributed by atoms with E-state index in [0.29, 0.717) is 30.7 Å². The summed E-state index contributed by atoms with van der Waals surface area (Å²) >= 11 is 5.86. The van der Waals surface area contributed by atoms with E-state index in [2.05, 4.69) is 14.9 Å². The molecule has 0 unspecified atom stereocenters. The number of nitrogens with zero attached hydrogens (tertiary/aromatic N) is 2. The average molecular weight is 320 g/mol. The van der Waals surface area contributed by atoms with Crippen LogP contribution in [0.1, 0.15) is 11.4 Å². The van der Waals surface area contributed by atoms with Gasteiger partial charge in [-0.05, 0) is 12.1 Å². The normalized spacial score (nSPS) is 17.5. The number of fused-ring (bicyclic) bond motifs is 1. The number of ether oxygens (including phenoxy) is 1. The molecule has 4 nitrogen and oxygen atoms in total. The highest BCUT2D eigenvalue weighted by atomic mass is 35.5. The molecule has 1 N–H and O–H groups in total. The number of hydrogen-bond acceptors (Lipinski definition) is 3. The maximum absolute atomic E-state index is 12.7. The number of H-pyrrole nitrogens is 1. The van der Waals surface area contributed by atoms with Crippen LogP contribution in [0.4, 0.5) is 13.2 Å². The van der Waals surface area contributed by atoms with Gasteiger partial charge in [-0.1, -0.05) is 11.6 Å². The van der Waals surface area contributed by atoms with Gasteiger partial charge in [0.2, 0.25) is 0 Å². The van der Waals surface area contributed by atoms with Crippen LogP contribution < -0.4 is 0 Å². The molecule has 0 atom stereocenters. The Labute approximate surface area is 123 Å². The summed E-state index contributed by atoms with van der Waals surface area (Å²) in [5.74, 6) is 0. The van der Waals surface area contributed by atoms with Crippen molar-refractivity contribution < 1.29 is 17.9 Å². The Hall–Kier alpha value is -1.31. The van der Waals surface area contributed by atoms with E-state index in [1.807, 2.05) is 0 Å². The third kappa shape index (κ3) is 3.14. The van der Waals surface area contributed by atoms with Gasteiger partial charge in [-0.15, -0.1) is 0 Å². The highest BCUT2D eigenvalue weighted by Gasteiger charge is 2.33. The van der Waals surface area contributed by atoms with Gasteiger partial charge in [0.25, 0.3) is 0 Å². The van der Waals surface area contributed by atoms with Crippen LogP contribution in [0.5, 0.6) is 0 Å². The molecule has 0 radical (unpaired) electrons. The van der Waals surface area contributed by atoms with Gasteiger partial charge in [0.05, 0.1) is 18.7 Å². The first-order valence-corrected chi connectivity index (χ1v) is 6.87. The van der Waals surface area contributed by atoms with Crippen LogP contribution in [0.25, 0.3) is 10.9 Å². The van der Waals surface area contributed by atoms with E-state index in [4.69, 9.17) is 16.3 Å². The van der Waals surface area contributed by atoms with Gasteiger partial charge < -0.3 is 9.72 Å². The molecule has 0 spiro atoms. The number of pyridine rings is 1. The molecule has 1 fully saturated rings. The van der Waals surface area contributed by atoms with Crippen molar-refractivity contribution in [3.8, 4) is 0 Å². The summed E-state index contributed by atoms with van der Waals surface area (Å²) in [5, 5.41) is 0.372. The first kappa shape index (κ1) is 14.6. The van der Waals surface area contributed by atoms with Crippen LogP contribution in [0.3, 0.4) is 0 Å². The van der Waals surface area contributed by atoms with Gasteiger partial charge in [-0.2, -0.15) is 13.2 Å². The molecule has 3 rings (SSSR count). The Morgan fingerprint density at radius 1 is 1.29 bits per heavy atom. The zero-order valence-corrected chi connectivity index (χ0v) is 11.8. The number of morpholine rings is 1. The zero-order valence-electron chi connectivity index (χ0n) is 11.0. The summed E-state index contributed by atoms with van der Waals surface area (Å²) in [6, 6.07) is 2.74. The summed E-state index contributed by atoms with van der Waals surface area (Å²) < 4.78 is 43.4. The van der Waals surface area contributed by atoms with E-state index >= 15 is 0 Å². The van der Waals surface area contributed by atoms with E-state index < -0.39 is 11.9 Å². The van der Waals surface area contributed by atoms with Crippen molar-refractivity contribution in [1.82, 2.24) is 14.9 Å². The molecule has 114 valence electrons. The van der Waals surface area contributed by atoms with E-state index in [-0.39, 0.29) is 5.15 Å². The van der Waals surface area contributed by atoms with Crippen LogP contribution >= 0.6 is 11.6 Å². The second-order valence-corrected chi connectivity index (χ2v) is 5.30. The Kier molecular flexibility index (Phi) is 3.81. The lowest BCUT2D eigenvalue weighted by Crippen LogP contribution is -2.35. The van der Waals surface area contributed by atoms with Crippen molar-refractivity contribution in [2.24, 2.45) is 0 Å². The molecule has 1 aliphatic rings. The van der Waals surface area contributed by atoms with Crippen molar-refractivity contribution in [3.63, 3.8) is 0 Å².